The number of carbonyl (C=O) groups is 2. The molecule has 5 rings (SSSR count). The number of sulfonamides is 1. The van der Waals surface area contributed by atoms with Gasteiger partial charge in [-0.3, -0.25) is 4.79 Å². The van der Waals surface area contributed by atoms with E-state index in [1.54, 1.807) is 41.3 Å². The number of hydrogen-bond donors (Lipinski definition) is 1. The number of oxime groups is 1. The Balaban J connectivity index is 0.00000276. The number of carbonyl (C=O) groups excluding carboxylic acids is 2. The number of fused-ring (bicyclic) bond motifs is 1. The fourth-order valence-corrected chi connectivity index (χ4v) is 7.99. The van der Waals surface area contributed by atoms with E-state index in [4.69, 9.17) is 28.0 Å². The second-order valence-corrected chi connectivity index (χ2v) is 14.1. The first-order chi connectivity index (χ1) is 20.4. The zero-order chi connectivity index (χ0) is 30.9. The third kappa shape index (κ3) is 8.85. The molecule has 1 amide bonds. The van der Waals surface area contributed by atoms with E-state index < -0.39 is 45.9 Å². The standard InChI is InChI=1S/C29H29Cl2N3O7S2.2Na/c1-43(39,40)33-23-8-4-5-9-24(23)34-26(21-11-10-17(30)13-22(21)31)25(19-6-2-3-7-20(19)28(34)36)27(35)32-41-14-18-12-16(15-42-18)29(37)38;;/h2-3,6-7,10-13,15,23-26,33H,4-5,8-9,14H2,1H3,(H,32,35)(H,37,38);;/q;2*+1/p-2/t23-,24-,25+,26-;;/m0../s1. The molecule has 2 heterocycles. The summed E-state index contributed by atoms with van der Waals surface area (Å²) in [6.07, 6.45) is 3.59. The van der Waals surface area contributed by atoms with Crippen molar-refractivity contribution in [2.24, 2.45) is 5.16 Å². The van der Waals surface area contributed by atoms with Crippen molar-refractivity contribution in [3.63, 3.8) is 0 Å². The molecule has 228 valence electrons. The van der Waals surface area contributed by atoms with Gasteiger partial charge in [-0.1, -0.05) is 60.3 Å². The maximum Gasteiger partial charge on any atom is 1.00 e. The number of carboxylic acids is 1. The third-order valence-corrected chi connectivity index (χ3v) is 9.83. The van der Waals surface area contributed by atoms with Crippen LogP contribution in [0.5, 0.6) is 0 Å². The van der Waals surface area contributed by atoms with Crippen LogP contribution in [0.1, 0.15) is 74.4 Å². The summed E-state index contributed by atoms with van der Waals surface area (Å²) >= 11 is 14.0. The van der Waals surface area contributed by atoms with Crippen LogP contribution in [0.2, 0.25) is 10.0 Å². The van der Waals surface area contributed by atoms with Crippen molar-refractivity contribution in [2.75, 3.05) is 6.26 Å². The van der Waals surface area contributed by atoms with Crippen LogP contribution in [-0.2, 0) is 21.5 Å². The average Bonchev–Trinajstić information content (AvgIpc) is 3.42. The first kappa shape index (κ1) is 38.3. The van der Waals surface area contributed by atoms with Gasteiger partial charge in [0, 0.05) is 55.3 Å². The maximum atomic E-state index is 14.3. The van der Waals surface area contributed by atoms with E-state index in [1.165, 1.54) is 17.5 Å². The minimum Gasteiger partial charge on any atom is -0.859 e. The van der Waals surface area contributed by atoms with Crippen molar-refractivity contribution >= 4 is 62.3 Å². The Bertz CT molecular complexity index is 1690. The number of rotatable bonds is 9. The van der Waals surface area contributed by atoms with Crippen LogP contribution < -0.4 is 74.0 Å². The van der Waals surface area contributed by atoms with E-state index >= 15 is 0 Å². The molecule has 2 aromatic carbocycles. The maximum absolute atomic E-state index is 14.3. The molecule has 1 saturated carbocycles. The quantitative estimate of drug-likeness (QED) is 0.111. The van der Waals surface area contributed by atoms with Crippen LogP contribution in [-0.4, -0.2) is 49.4 Å². The smallest absolute Gasteiger partial charge is 0.859 e. The number of nitrogens with one attached hydrogen (secondary N) is 1. The van der Waals surface area contributed by atoms with Gasteiger partial charge in [0.05, 0.1) is 18.3 Å². The van der Waals surface area contributed by atoms with Gasteiger partial charge in [-0.2, -0.15) is 0 Å². The molecular formula is C29H27Cl2N3Na2O7S2. The van der Waals surface area contributed by atoms with E-state index in [0.717, 1.165) is 30.4 Å². The summed E-state index contributed by atoms with van der Waals surface area (Å²) in [6, 6.07) is 10.7. The summed E-state index contributed by atoms with van der Waals surface area (Å²) in [5, 5.41) is 31.0. The Morgan fingerprint density at radius 3 is 2.47 bits per heavy atom. The minimum absolute atomic E-state index is 0. The fraction of sp³-hybridized carbons (Fsp3) is 0.345. The van der Waals surface area contributed by atoms with Gasteiger partial charge in [0.1, 0.15) is 0 Å². The summed E-state index contributed by atoms with van der Waals surface area (Å²) in [5.41, 5.74) is 1.16. The molecule has 0 bridgehead atoms. The Morgan fingerprint density at radius 2 is 1.80 bits per heavy atom. The molecule has 0 radical (unpaired) electrons. The summed E-state index contributed by atoms with van der Waals surface area (Å²) in [4.78, 5) is 32.9. The topological polar surface area (TPSA) is 151 Å². The van der Waals surface area contributed by atoms with Gasteiger partial charge >= 0.3 is 59.1 Å². The number of aromatic carboxylic acids is 1. The molecule has 10 nitrogen and oxygen atoms in total. The monoisotopic (exact) mass is 709 g/mol. The van der Waals surface area contributed by atoms with Gasteiger partial charge in [-0.15, -0.1) is 16.5 Å². The Kier molecular flexibility index (Phi) is 13.9. The minimum atomic E-state index is -3.62. The molecule has 16 heteroatoms. The molecule has 1 fully saturated rings. The molecule has 1 aliphatic heterocycles. The van der Waals surface area contributed by atoms with Crippen molar-refractivity contribution < 1.29 is 92.2 Å². The second-order valence-electron chi connectivity index (χ2n) is 10.5. The number of benzene rings is 2. The zero-order valence-electron chi connectivity index (χ0n) is 24.9. The molecule has 1 N–H and O–H groups in total. The molecule has 45 heavy (non-hydrogen) atoms. The molecule has 0 saturated heterocycles. The Morgan fingerprint density at radius 1 is 1.09 bits per heavy atom. The Hall–Kier alpha value is -1.16. The number of nitrogens with zero attached hydrogens (tertiary/aromatic N) is 2. The van der Waals surface area contributed by atoms with Gasteiger partial charge in [0.2, 0.25) is 10.0 Å². The van der Waals surface area contributed by atoms with E-state index in [-0.39, 0.29) is 87.8 Å². The van der Waals surface area contributed by atoms with Crippen LogP contribution in [0, 0.1) is 0 Å². The largest absolute Gasteiger partial charge is 1.00 e. The van der Waals surface area contributed by atoms with Crippen LogP contribution in [0.25, 0.3) is 0 Å². The third-order valence-electron chi connectivity index (χ3n) is 7.63. The SMILES string of the molecule is CS(=O)(=O)N[C@H]1CCCC[C@@H]1N1C(=O)c2ccccc2[C@@H](C([O-])=NOCc2cc(C(=O)[O-])cs2)[C@@H]1c1ccc(Cl)cc1Cl.[Na+].[Na+]. The first-order valence-corrected chi connectivity index (χ1v) is 17.0. The summed E-state index contributed by atoms with van der Waals surface area (Å²) < 4.78 is 27.4. The van der Waals surface area contributed by atoms with Gasteiger partial charge in [0.15, 0.2) is 6.61 Å². The predicted molar refractivity (Wildman–Crippen MR) is 159 cm³/mol. The molecule has 4 atom stereocenters. The van der Waals surface area contributed by atoms with Crippen LogP contribution in [0.15, 0.2) is 59.1 Å². The zero-order valence-corrected chi connectivity index (χ0v) is 32.0. The van der Waals surface area contributed by atoms with E-state index in [2.05, 4.69) is 9.88 Å². The molecule has 3 aromatic rings. The van der Waals surface area contributed by atoms with Crippen molar-refractivity contribution in [2.45, 2.75) is 56.3 Å². The summed E-state index contributed by atoms with van der Waals surface area (Å²) in [6.45, 7) is -0.157. The number of thiophene rings is 1. The van der Waals surface area contributed by atoms with Crippen molar-refractivity contribution in [3.05, 3.63) is 91.1 Å². The number of hydrogen-bond acceptors (Lipinski definition) is 9. The molecular weight excluding hydrogens is 683 g/mol. The van der Waals surface area contributed by atoms with Gasteiger partial charge in [0.25, 0.3) is 5.91 Å². The van der Waals surface area contributed by atoms with Crippen LogP contribution >= 0.6 is 34.5 Å². The van der Waals surface area contributed by atoms with Gasteiger partial charge < -0.3 is 24.7 Å². The molecule has 1 aliphatic carbocycles. The van der Waals surface area contributed by atoms with Crippen molar-refractivity contribution in [1.29, 1.82) is 0 Å². The molecule has 0 unspecified atom stereocenters. The average molecular weight is 711 g/mol. The molecule has 2 aliphatic rings. The number of carboxylic acid groups (broad SMARTS) is 1. The van der Waals surface area contributed by atoms with Crippen molar-refractivity contribution in [3.8, 4) is 0 Å². The van der Waals surface area contributed by atoms with Crippen LogP contribution in [0.4, 0.5) is 0 Å². The summed E-state index contributed by atoms with van der Waals surface area (Å²) in [7, 11) is -3.62. The molecule has 1 aromatic heterocycles. The normalized spacial score (nSPS) is 21.7. The van der Waals surface area contributed by atoms with Gasteiger partial charge in [-0.05, 0) is 48.2 Å². The van der Waals surface area contributed by atoms with Crippen LogP contribution in [0.3, 0.4) is 0 Å². The van der Waals surface area contributed by atoms with Gasteiger partial charge in [-0.25, -0.2) is 13.1 Å². The number of halogens is 2. The first-order valence-electron chi connectivity index (χ1n) is 13.4. The Labute approximate surface area is 319 Å². The predicted octanol–water partition coefficient (Wildman–Crippen LogP) is -2.54. The second kappa shape index (κ2) is 16.3. The molecule has 0 spiro atoms. The number of amides is 1. The van der Waals surface area contributed by atoms with E-state index in [0.29, 0.717) is 33.9 Å². The van der Waals surface area contributed by atoms with Crippen molar-refractivity contribution in [1.82, 2.24) is 9.62 Å². The van der Waals surface area contributed by atoms with E-state index in [1.807, 2.05) is 0 Å². The fourth-order valence-electron chi connectivity index (χ4n) is 5.89. The summed E-state index contributed by atoms with van der Waals surface area (Å²) in [5.74, 6) is -3.44. The van der Waals surface area contributed by atoms with E-state index in [9.17, 15) is 28.2 Å².